The molecule has 2 aliphatic rings. The molecule has 94 valence electrons. The highest BCUT2D eigenvalue weighted by Gasteiger charge is 2.40. The second-order valence-corrected chi connectivity index (χ2v) is 5.38. The first kappa shape index (κ1) is 11.2. The molecular weight excluding hydrogens is 214 g/mol. The average Bonchev–Trinajstić information content (AvgIpc) is 2.99. The van der Waals surface area contributed by atoms with Gasteiger partial charge in [0.05, 0.1) is 17.3 Å². The smallest absolute Gasteiger partial charge is 0.0760 e. The number of aromatic nitrogens is 2. The van der Waals surface area contributed by atoms with Crippen molar-refractivity contribution < 1.29 is 4.74 Å². The summed E-state index contributed by atoms with van der Waals surface area (Å²) in [6.07, 6.45) is 9.37. The van der Waals surface area contributed by atoms with Gasteiger partial charge < -0.3 is 10.5 Å². The second kappa shape index (κ2) is 4.42. The number of ether oxygens (including phenoxy) is 1. The molecule has 1 atom stereocenters. The molecule has 1 aromatic rings. The lowest BCUT2D eigenvalue weighted by molar-refractivity contribution is -0.0910. The Hall–Kier alpha value is -0.870. The van der Waals surface area contributed by atoms with Crippen LogP contribution in [0.25, 0.3) is 0 Å². The molecule has 4 nitrogen and oxygen atoms in total. The van der Waals surface area contributed by atoms with E-state index >= 15 is 0 Å². The van der Waals surface area contributed by atoms with Crippen LogP contribution in [0.2, 0.25) is 0 Å². The number of nitrogens with zero attached hydrogens (tertiary/aromatic N) is 2. The van der Waals surface area contributed by atoms with Crippen molar-refractivity contribution in [1.29, 1.82) is 0 Å². The molecule has 0 radical (unpaired) electrons. The lowest BCUT2D eigenvalue weighted by Crippen LogP contribution is -2.38. The molecule has 17 heavy (non-hydrogen) atoms. The molecular formula is C13H21N3O. The quantitative estimate of drug-likeness (QED) is 0.853. The van der Waals surface area contributed by atoms with E-state index in [4.69, 9.17) is 10.5 Å². The van der Waals surface area contributed by atoms with Gasteiger partial charge in [0, 0.05) is 19.3 Å². The van der Waals surface area contributed by atoms with E-state index in [1.165, 1.54) is 25.7 Å². The van der Waals surface area contributed by atoms with Crippen LogP contribution in [0.4, 0.5) is 0 Å². The zero-order chi connectivity index (χ0) is 11.7. The van der Waals surface area contributed by atoms with Crippen LogP contribution in [0.1, 0.15) is 50.3 Å². The average molecular weight is 235 g/mol. The Morgan fingerprint density at radius 3 is 3.00 bits per heavy atom. The first-order chi connectivity index (χ1) is 8.31. The van der Waals surface area contributed by atoms with Gasteiger partial charge in [-0.05, 0) is 31.7 Å². The van der Waals surface area contributed by atoms with E-state index < -0.39 is 0 Å². The van der Waals surface area contributed by atoms with Crippen LogP contribution in [0.15, 0.2) is 12.3 Å². The standard InChI is InChI=1S/C13H21N3O/c14-10-11-3-7-16(15-11)12-4-8-17-13(9-12)5-1-2-6-13/h3,7,12H,1-2,4-6,8-10,14H2. The normalized spacial score (nSPS) is 27.7. The summed E-state index contributed by atoms with van der Waals surface area (Å²) in [4.78, 5) is 0. The summed E-state index contributed by atoms with van der Waals surface area (Å²) >= 11 is 0. The van der Waals surface area contributed by atoms with Crippen LogP contribution < -0.4 is 5.73 Å². The minimum Gasteiger partial charge on any atom is -0.375 e. The number of nitrogens with two attached hydrogens (primary N) is 1. The van der Waals surface area contributed by atoms with Crippen molar-refractivity contribution in [3.05, 3.63) is 18.0 Å². The highest BCUT2D eigenvalue weighted by atomic mass is 16.5. The summed E-state index contributed by atoms with van der Waals surface area (Å²) in [6.45, 7) is 1.41. The van der Waals surface area contributed by atoms with Crippen LogP contribution in [0.3, 0.4) is 0 Å². The predicted octanol–water partition coefficient (Wildman–Crippen LogP) is 2.01. The van der Waals surface area contributed by atoms with Crippen LogP contribution in [0, 0.1) is 0 Å². The van der Waals surface area contributed by atoms with Crippen molar-refractivity contribution >= 4 is 0 Å². The Kier molecular flexibility index (Phi) is 2.92. The van der Waals surface area contributed by atoms with Crippen LogP contribution >= 0.6 is 0 Å². The molecule has 2 fully saturated rings. The molecule has 0 bridgehead atoms. The van der Waals surface area contributed by atoms with Crippen molar-refractivity contribution in [1.82, 2.24) is 9.78 Å². The third kappa shape index (κ3) is 2.11. The Bertz CT molecular complexity index is 382. The van der Waals surface area contributed by atoms with Gasteiger partial charge >= 0.3 is 0 Å². The summed E-state index contributed by atoms with van der Waals surface area (Å²) in [5.41, 5.74) is 6.76. The van der Waals surface area contributed by atoms with Gasteiger partial charge in [0.2, 0.25) is 0 Å². The Labute approximate surface area is 102 Å². The van der Waals surface area contributed by atoms with E-state index in [9.17, 15) is 0 Å². The van der Waals surface area contributed by atoms with Crippen molar-refractivity contribution in [2.45, 2.75) is 56.7 Å². The fourth-order valence-electron chi connectivity index (χ4n) is 3.29. The van der Waals surface area contributed by atoms with Crippen molar-refractivity contribution in [3.8, 4) is 0 Å². The topological polar surface area (TPSA) is 53.1 Å². The van der Waals surface area contributed by atoms with Gasteiger partial charge in [0.25, 0.3) is 0 Å². The van der Waals surface area contributed by atoms with E-state index in [2.05, 4.69) is 16.0 Å². The van der Waals surface area contributed by atoms with Gasteiger partial charge in [-0.15, -0.1) is 0 Å². The van der Waals surface area contributed by atoms with Crippen LogP contribution in [0.5, 0.6) is 0 Å². The molecule has 3 rings (SSSR count). The summed E-state index contributed by atoms with van der Waals surface area (Å²) in [5, 5.41) is 4.54. The maximum atomic E-state index is 6.05. The van der Waals surface area contributed by atoms with Gasteiger partial charge in [-0.1, -0.05) is 12.8 Å². The van der Waals surface area contributed by atoms with E-state index in [1.807, 2.05) is 6.07 Å². The summed E-state index contributed by atoms with van der Waals surface area (Å²) < 4.78 is 8.15. The predicted molar refractivity (Wildman–Crippen MR) is 65.5 cm³/mol. The molecule has 1 spiro atoms. The third-order valence-electron chi connectivity index (χ3n) is 4.23. The molecule has 0 amide bonds. The minimum atomic E-state index is 0.164. The monoisotopic (exact) mass is 235 g/mol. The fraction of sp³-hybridized carbons (Fsp3) is 0.769. The molecule has 1 aliphatic carbocycles. The Morgan fingerprint density at radius 1 is 1.47 bits per heavy atom. The lowest BCUT2D eigenvalue weighted by atomic mass is 9.89. The SMILES string of the molecule is NCc1ccn(C2CCOC3(CCCC3)C2)n1. The van der Waals surface area contributed by atoms with E-state index in [1.54, 1.807) is 0 Å². The summed E-state index contributed by atoms with van der Waals surface area (Å²) in [7, 11) is 0. The third-order valence-corrected chi connectivity index (χ3v) is 4.23. The van der Waals surface area contributed by atoms with E-state index in [0.717, 1.165) is 25.1 Å². The molecule has 1 unspecified atom stereocenters. The zero-order valence-electron chi connectivity index (χ0n) is 10.3. The second-order valence-electron chi connectivity index (χ2n) is 5.38. The molecule has 0 aromatic carbocycles. The molecule has 1 aromatic heterocycles. The maximum absolute atomic E-state index is 6.05. The molecule has 1 aliphatic heterocycles. The van der Waals surface area contributed by atoms with Gasteiger partial charge in [0.1, 0.15) is 0 Å². The van der Waals surface area contributed by atoms with Crippen molar-refractivity contribution in [2.75, 3.05) is 6.61 Å². The van der Waals surface area contributed by atoms with Crippen LogP contribution in [-0.4, -0.2) is 22.0 Å². The number of rotatable bonds is 2. The van der Waals surface area contributed by atoms with Gasteiger partial charge in [0.15, 0.2) is 0 Å². The highest BCUT2D eigenvalue weighted by Crippen LogP contribution is 2.43. The lowest BCUT2D eigenvalue weighted by Gasteiger charge is -2.38. The summed E-state index contributed by atoms with van der Waals surface area (Å²) in [5.74, 6) is 0. The Morgan fingerprint density at radius 2 is 2.29 bits per heavy atom. The molecule has 1 saturated heterocycles. The first-order valence-electron chi connectivity index (χ1n) is 6.69. The largest absolute Gasteiger partial charge is 0.375 e. The molecule has 4 heteroatoms. The van der Waals surface area contributed by atoms with E-state index in [0.29, 0.717) is 12.6 Å². The van der Waals surface area contributed by atoms with Gasteiger partial charge in [-0.25, -0.2) is 0 Å². The first-order valence-corrected chi connectivity index (χ1v) is 6.69. The van der Waals surface area contributed by atoms with Crippen LogP contribution in [-0.2, 0) is 11.3 Å². The van der Waals surface area contributed by atoms with Crippen molar-refractivity contribution in [3.63, 3.8) is 0 Å². The number of hydrogen-bond donors (Lipinski definition) is 1. The number of hydrogen-bond acceptors (Lipinski definition) is 3. The molecule has 1 saturated carbocycles. The minimum absolute atomic E-state index is 0.164. The Balaban J connectivity index is 1.74. The van der Waals surface area contributed by atoms with Gasteiger partial charge in [-0.2, -0.15) is 5.10 Å². The molecule has 2 heterocycles. The highest BCUT2D eigenvalue weighted by molar-refractivity contribution is 5.00. The van der Waals surface area contributed by atoms with Gasteiger partial charge in [-0.3, -0.25) is 4.68 Å². The fourth-order valence-corrected chi connectivity index (χ4v) is 3.29. The van der Waals surface area contributed by atoms with Crippen molar-refractivity contribution in [2.24, 2.45) is 5.73 Å². The summed E-state index contributed by atoms with van der Waals surface area (Å²) in [6, 6.07) is 2.53. The molecule has 2 N–H and O–H groups in total. The maximum Gasteiger partial charge on any atom is 0.0760 e. The van der Waals surface area contributed by atoms with E-state index in [-0.39, 0.29) is 5.60 Å². The zero-order valence-corrected chi connectivity index (χ0v) is 10.3.